The molecule has 0 aliphatic rings. The average Bonchev–Trinajstić information content (AvgIpc) is 2.17. The molecule has 7 heteroatoms. The zero-order chi connectivity index (χ0) is 11.9. The Labute approximate surface area is 91.0 Å². The van der Waals surface area contributed by atoms with Gasteiger partial charge in [-0.25, -0.2) is 0 Å². The lowest BCUT2D eigenvalue weighted by Crippen LogP contribution is -2.43. The van der Waals surface area contributed by atoms with Crippen LogP contribution in [0.2, 0.25) is 0 Å². The Morgan fingerprint density at radius 2 is 2.20 bits per heavy atom. The molecule has 0 fully saturated rings. The van der Waals surface area contributed by atoms with Gasteiger partial charge in [-0.3, -0.25) is 0 Å². The van der Waals surface area contributed by atoms with Crippen molar-refractivity contribution < 1.29 is 13.2 Å². The van der Waals surface area contributed by atoms with Crippen LogP contribution in [0.3, 0.4) is 0 Å². The van der Waals surface area contributed by atoms with E-state index in [1.165, 1.54) is 14.2 Å². The summed E-state index contributed by atoms with van der Waals surface area (Å²) in [5, 5.41) is 8.45. The van der Waals surface area contributed by atoms with Crippen LogP contribution < -0.4 is 4.72 Å². The number of nitrogens with zero attached hydrogens (tertiary/aromatic N) is 2. The largest absolute Gasteiger partial charge is 0.383 e. The van der Waals surface area contributed by atoms with E-state index in [-0.39, 0.29) is 19.0 Å². The second-order valence-electron chi connectivity index (χ2n) is 3.12. The predicted molar refractivity (Wildman–Crippen MR) is 56.3 cm³/mol. The molecule has 1 atom stereocenters. The van der Waals surface area contributed by atoms with Gasteiger partial charge in [-0.05, 0) is 6.92 Å². The first-order chi connectivity index (χ1) is 6.95. The first-order valence-corrected chi connectivity index (χ1v) is 5.98. The Morgan fingerprint density at radius 3 is 2.67 bits per heavy atom. The zero-order valence-corrected chi connectivity index (χ0v) is 10.0. The van der Waals surface area contributed by atoms with Gasteiger partial charge in [0.05, 0.1) is 19.1 Å². The Kier molecular flexibility index (Phi) is 6.43. The second-order valence-corrected chi connectivity index (χ2v) is 4.93. The minimum absolute atomic E-state index is 0.168. The number of rotatable bonds is 7. The minimum Gasteiger partial charge on any atom is -0.383 e. The first kappa shape index (κ1) is 14.3. The molecule has 0 spiro atoms. The lowest BCUT2D eigenvalue weighted by atomic mass is 10.3. The molecular weight excluding hydrogens is 218 g/mol. The summed E-state index contributed by atoms with van der Waals surface area (Å²) in [5.74, 6) is 0. The van der Waals surface area contributed by atoms with Crippen molar-refractivity contribution in [1.82, 2.24) is 9.03 Å². The van der Waals surface area contributed by atoms with Gasteiger partial charge in [0.15, 0.2) is 0 Å². The van der Waals surface area contributed by atoms with Crippen molar-refractivity contribution in [3.63, 3.8) is 0 Å². The molecule has 0 bridgehead atoms. The van der Waals surface area contributed by atoms with E-state index in [2.05, 4.69) is 4.72 Å². The van der Waals surface area contributed by atoms with Crippen LogP contribution in [0, 0.1) is 11.3 Å². The second kappa shape index (κ2) is 6.74. The molecule has 0 aliphatic carbocycles. The van der Waals surface area contributed by atoms with Crippen LogP contribution in [0.1, 0.15) is 13.3 Å². The van der Waals surface area contributed by atoms with Crippen LogP contribution in [0.15, 0.2) is 0 Å². The Bertz CT molecular complexity index is 310. The highest BCUT2D eigenvalue weighted by atomic mass is 32.2. The van der Waals surface area contributed by atoms with Crippen molar-refractivity contribution in [3.05, 3.63) is 0 Å². The van der Waals surface area contributed by atoms with Crippen molar-refractivity contribution in [2.45, 2.75) is 19.4 Å². The highest BCUT2D eigenvalue weighted by Crippen LogP contribution is 2.04. The van der Waals surface area contributed by atoms with Crippen LogP contribution in [-0.2, 0) is 14.9 Å². The van der Waals surface area contributed by atoms with E-state index in [4.69, 9.17) is 10.00 Å². The van der Waals surface area contributed by atoms with Crippen LogP contribution in [0.25, 0.3) is 0 Å². The number of nitriles is 1. The van der Waals surface area contributed by atoms with E-state index in [0.29, 0.717) is 6.61 Å². The summed E-state index contributed by atoms with van der Waals surface area (Å²) in [6.07, 6.45) is 0.168. The van der Waals surface area contributed by atoms with Crippen LogP contribution in [0.4, 0.5) is 0 Å². The molecular formula is C8H17N3O3S. The third kappa shape index (κ3) is 5.09. The molecule has 0 saturated carbocycles. The maximum atomic E-state index is 11.6. The highest BCUT2D eigenvalue weighted by molar-refractivity contribution is 7.87. The lowest BCUT2D eigenvalue weighted by molar-refractivity contribution is 0.203. The van der Waals surface area contributed by atoms with Crippen LogP contribution in [-0.4, -0.2) is 46.1 Å². The van der Waals surface area contributed by atoms with Gasteiger partial charge in [-0.1, -0.05) is 0 Å². The summed E-state index contributed by atoms with van der Waals surface area (Å²) < 4.78 is 31.4. The third-order valence-corrected chi connectivity index (χ3v) is 3.66. The molecule has 1 N–H and O–H groups in total. The molecule has 6 nitrogen and oxygen atoms in total. The third-order valence-electron chi connectivity index (χ3n) is 1.98. The molecule has 0 radical (unpaired) electrons. The van der Waals surface area contributed by atoms with Gasteiger partial charge in [0, 0.05) is 26.7 Å². The SMILES string of the molecule is COCCNS(=O)(=O)N(C)C(C)CC#N. The molecule has 0 rings (SSSR count). The number of hydrogen-bond donors (Lipinski definition) is 1. The van der Waals surface area contributed by atoms with Gasteiger partial charge < -0.3 is 4.74 Å². The van der Waals surface area contributed by atoms with Crippen molar-refractivity contribution in [2.24, 2.45) is 0 Å². The summed E-state index contributed by atoms with van der Waals surface area (Å²) in [7, 11) is -0.564. The molecule has 0 aromatic rings. The molecule has 88 valence electrons. The average molecular weight is 235 g/mol. The monoisotopic (exact) mass is 235 g/mol. The van der Waals surface area contributed by atoms with Gasteiger partial charge in [0.2, 0.25) is 0 Å². The van der Waals surface area contributed by atoms with E-state index in [9.17, 15) is 8.42 Å². The maximum absolute atomic E-state index is 11.6. The maximum Gasteiger partial charge on any atom is 0.279 e. The smallest absolute Gasteiger partial charge is 0.279 e. The number of nitrogens with one attached hydrogen (secondary N) is 1. The summed E-state index contributed by atoms with van der Waals surface area (Å²) in [6, 6.07) is 1.59. The molecule has 0 aliphatic heterocycles. The minimum atomic E-state index is -3.50. The van der Waals surface area contributed by atoms with E-state index in [1.54, 1.807) is 6.92 Å². The number of ether oxygens (including phenoxy) is 1. The molecule has 0 amide bonds. The van der Waals surface area contributed by atoms with Crippen molar-refractivity contribution in [2.75, 3.05) is 27.3 Å². The van der Waals surface area contributed by atoms with E-state index >= 15 is 0 Å². The molecule has 1 unspecified atom stereocenters. The normalized spacial score (nSPS) is 13.8. The molecule has 0 aromatic heterocycles. The molecule has 0 saturated heterocycles. The summed E-state index contributed by atoms with van der Waals surface area (Å²) in [6.45, 7) is 2.22. The molecule has 15 heavy (non-hydrogen) atoms. The van der Waals surface area contributed by atoms with Gasteiger partial charge in [-0.2, -0.15) is 22.7 Å². The fraction of sp³-hybridized carbons (Fsp3) is 0.875. The fourth-order valence-corrected chi connectivity index (χ4v) is 1.97. The Hall–Kier alpha value is -0.680. The number of methoxy groups -OCH3 is 1. The molecule has 0 aromatic carbocycles. The van der Waals surface area contributed by atoms with Crippen molar-refractivity contribution >= 4 is 10.2 Å². The molecule has 0 heterocycles. The fourth-order valence-electron chi connectivity index (χ4n) is 0.872. The van der Waals surface area contributed by atoms with Crippen molar-refractivity contribution in [1.29, 1.82) is 5.26 Å². The van der Waals surface area contributed by atoms with E-state index in [1.807, 2.05) is 6.07 Å². The number of hydrogen-bond acceptors (Lipinski definition) is 4. The Balaban J connectivity index is 4.27. The standard InChI is InChI=1S/C8H17N3O3S/c1-8(4-5-9)11(2)15(12,13)10-6-7-14-3/h8,10H,4,6-7H2,1-3H3. The summed E-state index contributed by atoms with van der Waals surface area (Å²) in [5.41, 5.74) is 0. The summed E-state index contributed by atoms with van der Waals surface area (Å²) in [4.78, 5) is 0. The predicted octanol–water partition coefficient (Wildman–Crippen LogP) is -0.299. The van der Waals surface area contributed by atoms with Gasteiger partial charge >= 0.3 is 0 Å². The first-order valence-electron chi connectivity index (χ1n) is 4.54. The zero-order valence-electron chi connectivity index (χ0n) is 9.23. The van der Waals surface area contributed by atoms with Crippen molar-refractivity contribution in [3.8, 4) is 6.07 Å². The van der Waals surface area contributed by atoms with E-state index in [0.717, 1.165) is 4.31 Å². The summed E-state index contributed by atoms with van der Waals surface area (Å²) >= 11 is 0. The van der Waals surface area contributed by atoms with Gasteiger partial charge in [0.1, 0.15) is 0 Å². The van der Waals surface area contributed by atoms with Gasteiger partial charge in [-0.15, -0.1) is 0 Å². The highest BCUT2D eigenvalue weighted by Gasteiger charge is 2.21. The van der Waals surface area contributed by atoms with Crippen LogP contribution in [0.5, 0.6) is 0 Å². The van der Waals surface area contributed by atoms with E-state index < -0.39 is 10.2 Å². The topological polar surface area (TPSA) is 82.4 Å². The Morgan fingerprint density at radius 1 is 1.60 bits per heavy atom. The lowest BCUT2D eigenvalue weighted by Gasteiger charge is -2.22. The quantitative estimate of drug-likeness (QED) is 0.614. The van der Waals surface area contributed by atoms with Gasteiger partial charge in [0.25, 0.3) is 10.2 Å². The van der Waals surface area contributed by atoms with Crippen LogP contribution >= 0.6 is 0 Å².